The van der Waals surface area contributed by atoms with Gasteiger partial charge in [0.05, 0.1) is 5.52 Å². The van der Waals surface area contributed by atoms with Crippen LogP contribution < -0.4 is 15.5 Å². The van der Waals surface area contributed by atoms with Gasteiger partial charge in [-0.1, -0.05) is 30.4 Å². The first kappa shape index (κ1) is 22.9. The van der Waals surface area contributed by atoms with Crippen LogP contribution in [0.5, 0.6) is 0 Å². The standard InChI is InChI=1S/C27H26FN5O/c1-4-5-18-8-15-23-24(16-18)31-27(33(2)3)32-25(23)29-17-19-6-13-22(14-7-19)30-26(34)20-9-11-21(28)12-10-20/h4-16H,17H2,1-3H3,(H,30,34)(H,29,31,32)/b5-4-. The molecule has 0 bridgehead atoms. The van der Waals surface area contributed by atoms with Crippen molar-refractivity contribution in [1.29, 1.82) is 0 Å². The molecule has 1 heterocycles. The fraction of sp³-hybridized carbons (Fsp3) is 0.148. The first-order chi connectivity index (χ1) is 16.4. The zero-order valence-electron chi connectivity index (χ0n) is 19.3. The highest BCUT2D eigenvalue weighted by Gasteiger charge is 2.10. The highest BCUT2D eigenvalue weighted by atomic mass is 19.1. The fourth-order valence-electron chi connectivity index (χ4n) is 3.46. The Morgan fingerprint density at radius 2 is 1.74 bits per heavy atom. The lowest BCUT2D eigenvalue weighted by molar-refractivity contribution is 0.102. The van der Waals surface area contributed by atoms with E-state index in [1.54, 1.807) is 0 Å². The third-order valence-electron chi connectivity index (χ3n) is 5.25. The van der Waals surface area contributed by atoms with Crippen molar-refractivity contribution in [3.8, 4) is 0 Å². The molecule has 1 aromatic heterocycles. The van der Waals surface area contributed by atoms with E-state index in [1.165, 1.54) is 24.3 Å². The molecule has 1 amide bonds. The van der Waals surface area contributed by atoms with Crippen LogP contribution in [0.25, 0.3) is 17.0 Å². The van der Waals surface area contributed by atoms with E-state index in [0.717, 1.165) is 27.8 Å². The van der Waals surface area contributed by atoms with Crippen molar-refractivity contribution < 1.29 is 9.18 Å². The molecule has 0 aliphatic carbocycles. The molecule has 6 nitrogen and oxygen atoms in total. The lowest BCUT2D eigenvalue weighted by Crippen LogP contribution is -2.14. The highest BCUT2D eigenvalue weighted by molar-refractivity contribution is 6.04. The van der Waals surface area contributed by atoms with E-state index >= 15 is 0 Å². The average molecular weight is 456 g/mol. The summed E-state index contributed by atoms with van der Waals surface area (Å²) in [5.74, 6) is 0.730. The molecule has 0 saturated carbocycles. The second kappa shape index (κ2) is 10.1. The van der Waals surface area contributed by atoms with Crippen LogP contribution in [0.4, 0.5) is 21.8 Å². The van der Waals surface area contributed by atoms with Crippen LogP contribution in [0.3, 0.4) is 0 Å². The van der Waals surface area contributed by atoms with Gasteiger partial charge >= 0.3 is 0 Å². The second-order valence-corrected chi connectivity index (χ2v) is 8.05. The Bertz CT molecular complexity index is 1330. The van der Waals surface area contributed by atoms with Gasteiger partial charge in [0.25, 0.3) is 5.91 Å². The minimum Gasteiger partial charge on any atom is -0.365 e. The number of halogens is 1. The Balaban J connectivity index is 1.49. The minimum atomic E-state index is -0.374. The van der Waals surface area contributed by atoms with Crippen molar-refractivity contribution in [1.82, 2.24) is 9.97 Å². The largest absolute Gasteiger partial charge is 0.365 e. The molecule has 4 rings (SSSR count). The van der Waals surface area contributed by atoms with Gasteiger partial charge in [0.2, 0.25) is 5.95 Å². The molecule has 3 aromatic carbocycles. The molecular formula is C27H26FN5O. The van der Waals surface area contributed by atoms with Crippen LogP contribution >= 0.6 is 0 Å². The van der Waals surface area contributed by atoms with E-state index in [1.807, 2.05) is 80.5 Å². The molecule has 2 N–H and O–H groups in total. The number of rotatable bonds is 7. The zero-order valence-corrected chi connectivity index (χ0v) is 19.3. The summed E-state index contributed by atoms with van der Waals surface area (Å²) in [5, 5.41) is 7.19. The molecule has 0 aliphatic rings. The highest BCUT2D eigenvalue weighted by Crippen LogP contribution is 2.25. The number of nitrogens with one attached hydrogen (secondary N) is 2. The maximum Gasteiger partial charge on any atom is 0.255 e. The monoisotopic (exact) mass is 455 g/mol. The van der Waals surface area contributed by atoms with Crippen LogP contribution in [0, 0.1) is 5.82 Å². The van der Waals surface area contributed by atoms with Crippen molar-refractivity contribution in [3.63, 3.8) is 0 Å². The van der Waals surface area contributed by atoms with Gasteiger partial charge in [-0.05, 0) is 66.6 Å². The number of carbonyl (C=O) groups is 1. The predicted molar refractivity (Wildman–Crippen MR) is 137 cm³/mol. The Kier molecular flexibility index (Phi) is 6.82. The summed E-state index contributed by atoms with van der Waals surface area (Å²) in [4.78, 5) is 23.6. The number of aromatic nitrogens is 2. The summed E-state index contributed by atoms with van der Waals surface area (Å²) >= 11 is 0. The summed E-state index contributed by atoms with van der Waals surface area (Å²) in [7, 11) is 3.83. The van der Waals surface area contributed by atoms with Crippen LogP contribution in [0.1, 0.15) is 28.4 Å². The van der Waals surface area contributed by atoms with Crippen molar-refractivity contribution >= 4 is 40.3 Å². The molecule has 0 fully saturated rings. The summed E-state index contributed by atoms with van der Waals surface area (Å²) < 4.78 is 13.1. The average Bonchev–Trinajstić information content (AvgIpc) is 2.83. The molecule has 0 unspecified atom stereocenters. The molecule has 4 aromatic rings. The number of hydrogen-bond donors (Lipinski definition) is 2. The third-order valence-corrected chi connectivity index (χ3v) is 5.25. The summed E-state index contributed by atoms with van der Waals surface area (Å²) in [6.07, 6.45) is 4.04. The molecule has 0 radical (unpaired) electrons. The van der Waals surface area contributed by atoms with E-state index in [2.05, 4.69) is 20.6 Å². The van der Waals surface area contributed by atoms with Crippen molar-refractivity contribution in [3.05, 3.63) is 95.3 Å². The maximum atomic E-state index is 13.1. The Morgan fingerprint density at radius 1 is 1.00 bits per heavy atom. The van der Waals surface area contributed by atoms with Gasteiger partial charge in [-0.3, -0.25) is 4.79 Å². The molecule has 172 valence electrons. The van der Waals surface area contributed by atoms with Gasteiger partial charge in [0.15, 0.2) is 0 Å². The summed E-state index contributed by atoms with van der Waals surface area (Å²) in [6.45, 7) is 2.55. The Hall–Kier alpha value is -4.26. The van der Waals surface area contributed by atoms with Gasteiger partial charge < -0.3 is 15.5 Å². The molecule has 0 atom stereocenters. The van der Waals surface area contributed by atoms with Gasteiger partial charge in [0, 0.05) is 37.3 Å². The summed E-state index contributed by atoms with van der Waals surface area (Å²) in [5.41, 5.74) is 4.05. The van der Waals surface area contributed by atoms with Gasteiger partial charge in [-0.15, -0.1) is 0 Å². The second-order valence-electron chi connectivity index (χ2n) is 8.05. The third kappa shape index (κ3) is 5.38. The number of nitrogens with zero attached hydrogens (tertiary/aromatic N) is 3. The number of anilines is 3. The topological polar surface area (TPSA) is 70.2 Å². The lowest BCUT2D eigenvalue weighted by Gasteiger charge is -2.15. The number of fused-ring (bicyclic) bond motifs is 1. The molecule has 0 saturated heterocycles. The number of amides is 1. The van der Waals surface area contributed by atoms with Gasteiger partial charge in [-0.2, -0.15) is 4.98 Å². The predicted octanol–water partition coefficient (Wildman–Crippen LogP) is 5.73. The maximum absolute atomic E-state index is 13.1. The van der Waals surface area contributed by atoms with Crippen molar-refractivity contribution in [2.45, 2.75) is 13.5 Å². The van der Waals surface area contributed by atoms with Crippen LogP contribution in [0.15, 0.2) is 72.8 Å². The van der Waals surface area contributed by atoms with E-state index in [0.29, 0.717) is 23.7 Å². The number of benzene rings is 3. The van der Waals surface area contributed by atoms with Gasteiger partial charge in [-0.25, -0.2) is 9.37 Å². The first-order valence-corrected chi connectivity index (χ1v) is 10.9. The number of carbonyl (C=O) groups excluding carboxylic acids is 1. The SMILES string of the molecule is C/C=C\c1ccc2c(NCc3ccc(NC(=O)c4ccc(F)cc4)cc3)nc(N(C)C)nc2c1. The molecule has 34 heavy (non-hydrogen) atoms. The molecule has 0 aliphatic heterocycles. The van der Waals surface area contributed by atoms with Crippen LogP contribution in [-0.4, -0.2) is 30.0 Å². The molecule has 7 heteroatoms. The molecular weight excluding hydrogens is 429 g/mol. The van der Waals surface area contributed by atoms with Crippen LogP contribution in [-0.2, 0) is 6.54 Å². The van der Waals surface area contributed by atoms with Crippen LogP contribution in [0.2, 0.25) is 0 Å². The zero-order chi connectivity index (χ0) is 24.1. The number of allylic oxidation sites excluding steroid dienone is 1. The van der Waals surface area contributed by atoms with E-state index < -0.39 is 0 Å². The van der Waals surface area contributed by atoms with Crippen molar-refractivity contribution in [2.75, 3.05) is 29.6 Å². The van der Waals surface area contributed by atoms with E-state index in [-0.39, 0.29) is 11.7 Å². The fourth-order valence-corrected chi connectivity index (χ4v) is 3.46. The smallest absolute Gasteiger partial charge is 0.255 e. The van der Waals surface area contributed by atoms with Gasteiger partial charge in [0.1, 0.15) is 11.6 Å². The lowest BCUT2D eigenvalue weighted by atomic mass is 10.1. The van der Waals surface area contributed by atoms with E-state index in [4.69, 9.17) is 0 Å². The first-order valence-electron chi connectivity index (χ1n) is 10.9. The normalized spacial score (nSPS) is 11.1. The van der Waals surface area contributed by atoms with E-state index in [9.17, 15) is 9.18 Å². The minimum absolute atomic E-state index is 0.285. The Morgan fingerprint density at radius 3 is 2.41 bits per heavy atom. The quantitative estimate of drug-likeness (QED) is 0.372. The van der Waals surface area contributed by atoms with Crippen molar-refractivity contribution in [2.24, 2.45) is 0 Å². The summed E-state index contributed by atoms with van der Waals surface area (Å²) in [6, 6.07) is 19.1. The number of hydrogen-bond acceptors (Lipinski definition) is 5. The Labute approximate surface area is 198 Å². The molecule has 0 spiro atoms.